The Morgan fingerprint density at radius 3 is 2.82 bits per heavy atom. The summed E-state index contributed by atoms with van der Waals surface area (Å²) in [5, 5.41) is 0.518. The van der Waals surface area contributed by atoms with E-state index in [0.717, 1.165) is 6.08 Å². The van der Waals surface area contributed by atoms with E-state index in [2.05, 4.69) is 4.98 Å². The van der Waals surface area contributed by atoms with Gasteiger partial charge in [-0.3, -0.25) is 9.59 Å². The summed E-state index contributed by atoms with van der Waals surface area (Å²) in [5.74, 6) is -1.09. The first-order valence-corrected chi connectivity index (χ1v) is 4.78. The highest BCUT2D eigenvalue weighted by Crippen LogP contribution is 2.22. The Hall–Kier alpha value is -2.43. The molecule has 1 radical (unpaired) electrons. The molecule has 0 saturated heterocycles. The minimum absolute atomic E-state index is 0.190. The molecule has 1 aromatic heterocycles. The number of primary amides is 1. The molecule has 1 amide bonds. The quantitative estimate of drug-likeness (QED) is 0.786. The van der Waals surface area contributed by atoms with Crippen molar-refractivity contribution in [2.24, 2.45) is 5.73 Å². The molecule has 0 saturated carbocycles. The summed E-state index contributed by atoms with van der Waals surface area (Å²) in [6.07, 6.45) is 4.10. The highest BCUT2D eigenvalue weighted by Gasteiger charge is 2.09. The summed E-state index contributed by atoms with van der Waals surface area (Å²) in [6.45, 7) is 0. The second kappa shape index (κ2) is 4.21. The first kappa shape index (κ1) is 11.1. The lowest BCUT2D eigenvalue weighted by Gasteiger charge is -1.97. The smallest absolute Gasteiger partial charge is 0.265 e. The van der Waals surface area contributed by atoms with Crippen molar-refractivity contribution in [3.05, 3.63) is 41.3 Å². The topological polar surface area (TPSA) is 76.0 Å². The van der Waals surface area contributed by atoms with E-state index in [1.54, 1.807) is 6.29 Å². The summed E-state index contributed by atoms with van der Waals surface area (Å²) in [6, 6.07) is 3.99. The van der Waals surface area contributed by atoms with E-state index in [1.807, 2.05) is 0 Å². The van der Waals surface area contributed by atoms with E-state index in [0.29, 0.717) is 16.5 Å². The monoisotopic (exact) mass is 231 g/mol. The summed E-state index contributed by atoms with van der Waals surface area (Å²) in [5.41, 5.74) is 6.31. The van der Waals surface area contributed by atoms with E-state index >= 15 is 0 Å². The largest absolute Gasteiger partial charge is 0.364 e. The molecule has 4 nitrogen and oxygen atoms in total. The van der Waals surface area contributed by atoms with Crippen molar-refractivity contribution in [2.45, 2.75) is 0 Å². The minimum atomic E-state index is -0.626. The Bertz CT molecular complexity index is 629. The molecule has 0 spiro atoms. The zero-order valence-electron chi connectivity index (χ0n) is 8.66. The number of hydrogen-bond acceptors (Lipinski definition) is 2. The third-order valence-electron chi connectivity index (χ3n) is 2.32. The van der Waals surface area contributed by atoms with Gasteiger partial charge in [-0.05, 0) is 30.4 Å². The van der Waals surface area contributed by atoms with Crippen molar-refractivity contribution in [1.82, 2.24) is 4.98 Å². The van der Waals surface area contributed by atoms with Crippen molar-refractivity contribution in [1.29, 1.82) is 0 Å². The van der Waals surface area contributed by atoms with E-state index in [4.69, 9.17) is 5.73 Å². The Labute approximate surface area is 95.9 Å². The number of amides is 1. The number of fused-ring (bicyclic) bond motifs is 1. The first-order chi connectivity index (χ1) is 8.11. The normalized spacial score (nSPS) is 11.1. The molecule has 0 atom stereocenters. The number of aromatic amines is 1. The van der Waals surface area contributed by atoms with Gasteiger partial charge in [0, 0.05) is 10.9 Å². The van der Waals surface area contributed by atoms with Gasteiger partial charge in [0.05, 0.1) is 5.52 Å². The van der Waals surface area contributed by atoms with Gasteiger partial charge in [0.2, 0.25) is 6.29 Å². The van der Waals surface area contributed by atoms with Crippen LogP contribution in [0.5, 0.6) is 0 Å². The molecule has 0 fully saturated rings. The van der Waals surface area contributed by atoms with Gasteiger partial charge in [0.25, 0.3) is 5.91 Å². The van der Waals surface area contributed by atoms with Crippen molar-refractivity contribution < 1.29 is 14.0 Å². The van der Waals surface area contributed by atoms with E-state index < -0.39 is 11.7 Å². The molecule has 1 aromatic carbocycles. The summed E-state index contributed by atoms with van der Waals surface area (Å²) < 4.78 is 13.3. The average Bonchev–Trinajstić information content (AvgIpc) is 2.69. The van der Waals surface area contributed by atoms with Crippen LogP contribution >= 0.6 is 0 Å². The maximum absolute atomic E-state index is 13.3. The molecule has 0 aliphatic carbocycles. The molecule has 17 heavy (non-hydrogen) atoms. The Morgan fingerprint density at radius 2 is 2.18 bits per heavy atom. The van der Waals surface area contributed by atoms with Gasteiger partial charge < -0.3 is 10.7 Å². The predicted octanol–water partition coefficient (Wildman–Crippen LogP) is 1.53. The number of carbonyl (C=O) groups excluding carboxylic acids is 2. The third-order valence-corrected chi connectivity index (χ3v) is 2.32. The van der Waals surface area contributed by atoms with E-state index in [9.17, 15) is 14.0 Å². The Morgan fingerprint density at radius 1 is 1.41 bits per heavy atom. The van der Waals surface area contributed by atoms with Gasteiger partial charge in [-0.25, -0.2) is 4.39 Å². The lowest BCUT2D eigenvalue weighted by Crippen LogP contribution is -2.10. The third kappa shape index (κ3) is 2.08. The van der Waals surface area contributed by atoms with Crippen LogP contribution in [0.4, 0.5) is 4.39 Å². The molecule has 2 rings (SSSR count). The molecule has 3 N–H and O–H groups in total. The van der Waals surface area contributed by atoms with Crippen LogP contribution in [0.25, 0.3) is 17.0 Å². The number of nitrogens with two attached hydrogens (primary N) is 1. The standard InChI is InChI=1S/C12H8FN2O2/c13-9-4-7(2-1-3-16)11-8(5-9)6-10(15-11)12(14)17/h1-2,4-6,15H,(H2,14,17)/b2-1+. The fourth-order valence-electron chi connectivity index (χ4n) is 1.62. The fraction of sp³-hybridized carbons (Fsp3) is 0. The highest BCUT2D eigenvalue weighted by atomic mass is 19.1. The van der Waals surface area contributed by atoms with E-state index in [1.165, 1.54) is 24.3 Å². The van der Waals surface area contributed by atoms with Crippen LogP contribution in [0.3, 0.4) is 0 Å². The molecule has 0 aliphatic rings. The molecule has 85 valence electrons. The van der Waals surface area contributed by atoms with Gasteiger partial charge in [0.15, 0.2) is 0 Å². The summed E-state index contributed by atoms with van der Waals surface area (Å²) in [7, 11) is 0. The maximum atomic E-state index is 13.3. The minimum Gasteiger partial charge on any atom is -0.364 e. The zero-order valence-corrected chi connectivity index (χ0v) is 8.66. The highest BCUT2D eigenvalue weighted by molar-refractivity contribution is 5.99. The number of carbonyl (C=O) groups is 1. The zero-order chi connectivity index (χ0) is 12.4. The predicted molar refractivity (Wildman–Crippen MR) is 61.5 cm³/mol. The Kier molecular flexibility index (Phi) is 2.74. The summed E-state index contributed by atoms with van der Waals surface area (Å²) >= 11 is 0. The van der Waals surface area contributed by atoms with Crippen molar-refractivity contribution in [3.8, 4) is 0 Å². The van der Waals surface area contributed by atoms with Crippen molar-refractivity contribution in [3.63, 3.8) is 0 Å². The van der Waals surface area contributed by atoms with Crippen LogP contribution in [-0.2, 0) is 4.79 Å². The van der Waals surface area contributed by atoms with Crippen LogP contribution < -0.4 is 5.73 Å². The van der Waals surface area contributed by atoms with Crippen LogP contribution in [0, 0.1) is 5.82 Å². The number of aromatic nitrogens is 1. The molecule has 0 aliphatic heterocycles. The van der Waals surface area contributed by atoms with Gasteiger partial charge >= 0.3 is 0 Å². The first-order valence-electron chi connectivity index (χ1n) is 4.78. The van der Waals surface area contributed by atoms with Crippen molar-refractivity contribution in [2.75, 3.05) is 0 Å². The number of hydrogen-bond donors (Lipinski definition) is 2. The average molecular weight is 231 g/mol. The number of nitrogens with one attached hydrogen (secondary N) is 1. The van der Waals surface area contributed by atoms with Gasteiger partial charge in [-0.2, -0.15) is 0 Å². The van der Waals surface area contributed by atoms with Crippen LogP contribution in [0.2, 0.25) is 0 Å². The molecule has 0 bridgehead atoms. The van der Waals surface area contributed by atoms with Crippen molar-refractivity contribution >= 4 is 29.2 Å². The molecule has 1 heterocycles. The lowest BCUT2D eigenvalue weighted by molar-refractivity contribution is 0.0996. The number of halogens is 1. The number of rotatable bonds is 3. The Balaban J connectivity index is 2.69. The second-order valence-electron chi connectivity index (χ2n) is 3.46. The summed E-state index contributed by atoms with van der Waals surface area (Å²) in [4.78, 5) is 23.9. The van der Waals surface area contributed by atoms with Gasteiger partial charge in [0.1, 0.15) is 11.5 Å². The van der Waals surface area contributed by atoms with Crippen LogP contribution in [0.1, 0.15) is 16.1 Å². The number of allylic oxidation sites excluding steroid dienone is 1. The van der Waals surface area contributed by atoms with Crippen LogP contribution in [-0.4, -0.2) is 17.2 Å². The molecular formula is C12H8FN2O2. The molecular weight excluding hydrogens is 223 g/mol. The van der Waals surface area contributed by atoms with Crippen LogP contribution in [0.15, 0.2) is 24.3 Å². The van der Waals surface area contributed by atoms with E-state index in [-0.39, 0.29) is 5.69 Å². The molecule has 5 heteroatoms. The number of benzene rings is 1. The SMILES string of the molecule is NC(=O)c1cc2cc(F)cc(/C=C/[C]=O)c2[nH]1. The number of H-pyrrole nitrogens is 1. The van der Waals surface area contributed by atoms with Gasteiger partial charge in [-0.15, -0.1) is 0 Å². The van der Waals surface area contributed by atoms with Gasteiger partial charge in [-0.1, -0.05) is 0 Å². The fourth-order valence-corrected chi connectivity index (χ4v) is 1.62. The molecule has 2 aromatic rings. The second-order valence-corrected chi connectivity index (χ2v) is 3.46. The maximum Gasteiger partial charge on any atom is 0.265 e. The lowest BCUT2D eigenvalue weighted by atomic mass is 10.1. The molecule has 0 unspecified atom stereocenters.